The van der Waals surface area contributed by atoms with E-state index in [0.29, 0.717) is 12.1 Å². The lowest BCUT2D eigenvalue weighted by atomic mass is 9.98. The molecular weight excluding hydrogens is 210 g/mol. The molecule has 0 N–H and O–H groups in total. The van der Waals surface area contributed by atoms with Gasteiger partial charge in [-0.05, 0) is 52.4 Å². The van der Waals surface area contributed by atoms with Gasteiger partial charge in [0.1, 0.15) is 0 Å². The van der Waals surface area contributed by atoms with E-state index in [-0.39, 0.29) is 5.92 Å². The van der Waals surface area contributed by atoms with Crippen LogP contribution in [0.25, 0.3) is 0 Å². The standard InChI is InChI=1S/C14H25N3/c1-3-17-9-7-13(8-10-17)16(2)14-6-4-5-12(14)11-15/h12-14H,3-10H2,1-2H3. The molecule has 2 unspecified atom stereocenters. The van der Waals surface area contributed by atoms with Gasteiger partial charge in [-0.3, -0.25) is 4.90 Å². The van der Waals surface area contributed by atoms with E-state index in [1.165, 1.54) is 45.3 Å². The minimum Gasteiger partial charge on any atom is -0.303 e. The largest absolute Gasteiger partial charge is 0.303 e. The molecule has 96 valence electrons. The summed E-state index contributed by atoms with van der Waals surface area (Å²) in [5, 5.41) is 9.18. The molecule has 3 heteroatoms. The highest BCUT2D eigenvalue weighted by molar-refractivity contribution is 4.98. The number of rotatable bonds is 3. The van der Waals surface area contributed by atoms with Crippen LogP contribution in [0.1, 0.15) is 39.0 Å². The second-order valence-electron chi connectivity index (χ2n) is 5.56. The molecule has 2 fully saturated rings. The first-order valence-electron chi connectivity index (χ1n) is 7.10. The fourth-order valence-electron chi connectivity index (χ4n) is 3.49. The van der Waals surface area contributed by atoms with Crippen LogP contribution in [0.15, 0.2) is 0 Å². The van der Waals surface area contributed by atoms with Crippen molar-refractivity contribution in [3.8, 4) is 6.07 Å². The molecule has 0 amide bonds. The van der Waals surface area contributed by atoms with Gasteiger partial charge in [-0.2, -0.15) is 5.26 Å². The van der Waals surface area contributed by atoms with E-state index in [1.807, 2.05) is 0 Å². The van der Waals surface area contributed by atoms with Gasteiger partial charge in [0.05, 0.1) is 12.0 Å². The van der Waals surface area contributed by atoms with Crippen LogP contribution in [0.5, 0.6) is 0 Å². The molecule has 1 saturated carbocycles. The van der Waals surface area contributed by atoms with Crippen LogP contribution in [-0.4, -0.2) is 48.6 Å². The summed E-state index contributed by atoms with van der Waals surface area (Å²) in [6.07, 6.45) is 6.13. The Morgan fingerprint density at radius 1 is 1.24 bits per heavy atom. The Hall–Kier alpha value is -0.590. The molecule has 0 aromatic carbocycles. The molecule has 2 rings (SSSR count). The maximum Gasteiger partial charge on any atom is 0.0672 e. The first kappa shape index (κ1) is 12.9. The van der Waals surface area contributed by atoms with E-state index in [1.54, 1.807) is 0 Å². The van der Waals surface area contributed by atoms with Crippen molar-refractivity contribution in [2.45, 2.75) is 51.1 Å². The Kier molecular flexibility index (Phi) is 4.42. The third-order valence-corrected chi connectivity index (χ3v) is 4.75. The predicted molar refractivity (Wildman–Crippen MR) is 69.6 cm³/mol. The summed E-state index contributed by atoms with van der Waals surface area (Å²) in [6, 6.07) is 3.73. The first-order chi connectivity index (χ1) is 8.26. The van der Waals surface area contributed by atoms with Crippen molar-refractivity contribution in [3.05, 3.63) is 0 Å². The number of likely N-dealkylation sites (tertiary alicyclic amines) is 1. The smallest absolute Gasteiger partial charge is 0.0672 e. The van der Waals surface area contributed by atoms with Crippen molar-refractivity contribution in [2.24, 2.45) is 5.92 Å². The van der Waals surface area contributed by atoms with E-state index in [0.717, 1.165) is 6.42 Å². The van der Waals surface area contributed by atoms with Gasteiger partial charge in [0.2, 0.25) is 0 Å². The lowest BCUT2D eigenvalue weighted by Gasteiger charge is -2.39. The zero-order chi connectivity index (χ0) is 12.3. The van der Waals surface area contributed by atoms with Gasteiger partial charge in [0.25, 0.3) is 0 Å². The van der Waals surface area contributed by atoms with Crippen LogP contribution in [0.2, 0.25) is 0 Å². The highest BCUT2D eigenvalue weighted by Crippen LogP contribution is 2.31. The second-order valence-corrected chi connectivity index (χ2v) is 5.56. The maximum atomic E-state index is 9.18. The van der Waals surface area contributed by atoms with Crippen molar-refractivity contribution in [1.29, 1.82) is 5.26 Å². The Bertz CT molecular complexity index is 276. The lowest BCUT2D eigenvalue weighted by molar-refractivity contribution is 0.0909. The molecule has 0 aromatic heterocycles. The van der Waals surface area contributed by atoms with E-state index in [9.17, 15) is 5.26 Å². The van der Waals surface area contributed by atoms with Crippen molar-refractivity contribution in [3.63, 3.8) is 0 Å². The summed E-state index contributed by atoms with van der Waals surface area (Å²) in [5.41, 5.74) is 0. The Labute approximate surface area is 105 Å². The Morgan fingerprint density at radius 2 is 1.94 bits per heavy atom. The second kappa shape index (κ2) is 5.84. The van der Waals surface area contributed by atoms with Crippen LogP contribution >= 0.6 is 0 Å². The monoisotopic (exact) mass is 235 g/mol. The fourth-order valence-corrected chi connectivity index (χ4v) is 3.49. The summed E-state index contributed by atoms with van der Waals surface area (Å²) in [7, 11) is 2.24. The third-order valence-electron chi connectivity index (χ3n) is 4.75. The molecular formula is C14H25N3. The molecule has 1 saturated heterocycles. The number of piperidine rings is 1. The van der Waals surface area contributed by atoms with E-state index in [4.69, 9.17) is 0 Å². The molecule has 17 heavy (non-hydrogen) atoms. The summed E-state index contributed by atoms with van der Waals surface area (Å²) in [5.74, 6) is 0.282. The minimum absolute atomic E-state index is 0.282. The number of nitrogens with zero attached hydrogens (tertiary/aromatic N) is 3. The summed E-state index contributed by atoms with van der Waals surface area (Å²) in [4.78, 5) is 5.05. The van der Waals surface area contributed by atoms with Crippen LogP contribution in [0, 0.1) is 17.2 Å². The molecule has 0 aromatic rings. The average Bonchev–Trinajstić information content (AvgIpc) is 2.86. The lowest BCUT2D eigenvalue weighted by Crippen LogP contribution is -2.48. The quantitative estimate of drug-likeness (QED) is 0.750. The van der Waals surface area contributed by atoms with Gasteiger partial charge in [-0.25, -0.2) is 0 Å². The third kappa shape index (κ3) is 2.81. The molecule has 2 atom stereocenters. The number of hydrogen-bond acceptors (Lipinski definition) is 3. The summed E-state index contributed by atoms with van der Waals surface area (Å²) >= 11 is 0. The normalized spacial score (nSPS) is 31.9. The van der Waals surface area contributed by atoms with Gasteiger partial charge < -0.3 is 4.90 Å². The SMILES string of the molecule is CCN1CCC(N(C)C2CCCC2C#N)CC1. The van der Waals surface area contributed by atoms with Crippen molar-refractivity contribution in [2.75, 3.05) is 26.7 Å². The zero-order valence-corrected chi connectivity index (χ0v) is 11.2. The van der Waals surface area contributed by atoms with Crippen LogP contribution in [0.4, 0.5) is 0 Å². The van der Waals surface area contributed by atoms with Gasteiger partial charge in [0, 0.05) is 12.1 Å². The van der Waals surface area contributed by atoms with Gasteiger partial charge in [-0.15, -0.1) is 0 Å². The van der Waals surface area contributed by atoms with E-state index < -0.39 is 0 Å². The van der Waals surface area contributed by atoms with Crippen LogP contribution < -0.4 is 0 Å². The van der Waals surface area contributed by atoms with Gasteiger partial charge >= 0.3 is 0 Å². The van der Waals surface area contributed by atoms with Crippen LogP contribution in [0.3, 0.4) is 0 Å². The highest BCUT2D eigenvalue weighted by Gasteiger charge is 2.34. The number of hydrogen-bond donors (Lipinski definition) is 0. The Balaban J connectivity index is 1.88. The molecule has 2 aliphatic rings. The van der Waals surface area contributed by atoms with E-state index >= 15 is 0 Å². The van der Waals surface area contributed by atoms with Gasteiger partial charge in [-0.1, -0.05) is 13.3 Å². The predicted octanol–water partition coefficient (Wildman–Crippen LogP) is 2.09. The van der Waals surface area contributed by atoms with Crippen molar-refractivity contribution >= 4 is 0 Å². The summed E-state index contributed by atoms with van der Waals surface area (Å²) in [6.45, 7) is 5.89. The molecule has 3 nitrogen and oxygen atoms in total. The number of nitriles is 1. The minimum atomic E-state index is 0.282. The van der Waals surface area contributed by atoms with Gasteiger partial charge in [0.15, 0.2) is 0 Å². The molecule has 1 aliphatic carbocycles. The molecule has 0 bridgehead atoms. The fraction of sp³-hybridized carbons (Fsp3) is 0.929. The highest BCUT2D eigenvalue weighted by atomic mass is 15.2. The van der Waals surface area contributed by atoms with Crippen LogP contribution in [-0.2, 0) is 0 Å². The maximum absolute atomic E-state index is 9.18. The Morgan fingerprint density at radius 3 is 2.53 bits per heavy atom. The average molecular weight is 235 g/mol. The molecule has 0 radical (unpaired) electrons. The zero-order valence-electron chi connectivity index (χ0n) is 11.2. The molecule has 1 aliphatic heterocycles. The molecule has 1 heterocycles. The summed E-state index contributed by atoms with van der Waals surface area (Å²) < 4.78 is 0. The van der Waals surface area contributed by atoms with E-state index in [2.05, 4.69) is 29.8 Å². The van der Waals surface area contributed by atoms with Crippen molar-refractivity contribution in [1.82, 2.24) is 9.80 Å². The first-order valence-corrected chi connectivity index (χ1v) is 7.10. The topological polar surface area (TPSA) is 30.3 Å². The van der Waals surface area contributed by atoms with Crippen molar-refractivity contribution < 1.29 is 0 Å². The molecule has 0 spiro atoms.